The van der Waals surface area contributed by atoms with Gasteiger partial charge in [-0.05, 0) is 38.8 Å². The summed E-state index contributed by atoms with van der Waals surface area (Å²) in [4.78, 5) is 20.4. The quantitative estimate of drug-likeness (QED) is 0.910. The summed E-state index contributed by atoms with van der Waals surface area (Å²) in [6.07, 6.45) is 3.07. The molecule has 5 nitrogen and oxygen atoms in total. The molecule has 2 N–H and O–H groups in total. The molecule has 0 fully saturated rings. The van der Waals surface area contributed by atoms with Gasteiger partial charge < -0.3 is 10.6 Å². The first-order chi connectivity index (χ1) is 10.3. The topological polar surface area (TPSA) is 66.9 Å². The minimum Gasteiger partial charge on any atom is -0.350 e. The molecule has 1 amide bonds. The molecule has 1 heterocycles. The molecular formula is C17H22N4O. The highest BCUT2D eigenvalue weighted by Crippen LogP contribution is 2.09. The Labute approximate surface area is 131 Å². The minimum atomic E-state index is -0.279. The molecule has 5 heteroatoms. The number of carbonyl (C=O) groups excluding carboxylic acids is 1. The predicted octanol–water partition coefficient (Wildman–Crippen LogP) is 2.93. The van der Waals surface area contributed by atoms with E-state index in [2.05, 4.69) is 39.7 Å². The summed E-state index contributed by atoms with van der Waals surface area (Å²) < 4.78 is 0. The lowest BCUT2D eigenvalue weighted by atomic mass is 10.1. The molecule has 0 bridgehead atoms. The van der Waals surface area contributed by atoms with Gasteiger partial charge in [0.15, 0.2) is 0 Å². The van der Waals surface area contributed by atoms with Crippen molar-refractivity contribution in [2.24, 2.45) is 0 Å². The third-order valence-corrected chi connectivity index (χ3v) is 3.10. The largest absolute Gasteiger partial charge is 0.350 e. The summed E-state index contributed by atoms with van der Waals surface area (Å²) >= 11 is 0. The highest BCUT2D eigenvalue weighted by Gasteiger charge is 2.15. The maximum Gasteiger partial charge on any atom is 0.254 e. The van der Waals surface area contributed by atoms with Crippen LogP contribution in [0.3, 0.4) is 0 Å². The monoisotopic (exact) mass is 298 g/mol. The number of benzene rings is 1. The number of amides is 1. The molecule has 0 aliphatic rings. The fourth-order valence-electron chi connectivity index (χ4n) is 1.93. The lowest BCUT2D eigenvalue weighted by molar-refractivity contribution is 0.0919. The Hall–Kier alpha value is -2.43. The van der Waals surface area contributed by atoms with E-state index in [1.54, 1.807) is 0 Å². The summed E-state index contributed by atoms with van der Waals surface area (Å²) in [7, 11) is 0. The molecule has 0 spiro atoms. The van der Waals surface area contributed by atoms with Crippen LogP contribution in [-0.2, 0) is 6.54 Å². The Morgan fingerprint density at radius 1 is 1.14 bits per heavy atom. The maximum absolute atomic E-state index is 12.0. The number of hydrogen-bond acceptors (Lipinski definition) is 4. The van der Waals surface area contributed by atoms with Crippen LogP contribution in [0.15, 0.2) is 36.7 Å². The van der Waals surface area contributed by atoms with E-state index in [0.717, 1.165) is 0 Å². The molecule has 0 radical (unpaired) electrons. The van der Waals surface area contributed by atoms with E-state index in [9.17, 15) is 4.79 Å². The van der Waals surface area contributed by atoms with Crippen LogP contribution in [0.1, 0.15) is 42.3 Å². The number of aryl methyl sites for hydroxylation is 1. The van der Waals surface area contributed by atoms with Crippen molar-refractivity contribution in [1.29, 1.82) is 0 Å². The van der Waals surface area contributed by atoms with Gasteiger partial charge in [-0.2, -0.15) is 0 Å². The Morgan fingerprint density at radius 3 is 2.36 bits per heavy atom. The molecule has 22 heavy (non-hydrogen) atoms. The highest BCUT2D eigenvalue weighted by atomic mass is 16.1. The zero-order valence-electron chi connectivity index (χ0n) is 13.5. The van der Waals surface area contributed by atoms with Crippen molar-refractivity contribution >= 4 is 11.9 Å². The Morgan fingerprint density at radius 2 is 1.77 bits per heavy atom. The standard InChI is InChI=1S/C17H22N4O/c1-12-7-5-6-8-13(12)9-18-16-19-10-14(11-20-16)15(22)21-17(2,3)4/h5-8,10-11H,9H2,1-4H3,(H,21,22)(H,18,19,20). The average molecular weight is 298 g/mol. The van der Waals surface area contributed by atoms with Gasteiger partial charge in [0.1, 0.15) is 0 Å². The van der Waals surface area contributed by atoms with E-state index in [0.29, 0.717) is 18.1 Å². The smallest absolute Gasteiger partial charge is 0.254 e. The van der Waals surface area contributed by atoms with Crippen LogP contribution in [-0.4, -0.2) is 21.4 Å². The highest BCUT2D eigenvalue weighted by molar-refractivity contribution is 5.94. The van der Waals surface area contributed by atoms with Crippen molar-refractivity contribution in [3.05, 3.63) is 53.3 Å². The summed E-state index contributed by atoms with van der Waals surface area (Å²) in [5.74, 6) is 0.341. The second-order valence-corrected chi connectivity index (χ2v) is 6.28. The van der Waals surface area contributed by atoms with Crippen molar-refractivity contribution in [2.75, 3.05) is 5.32 Å². The zero-order valence-corrected chi connectivity index (χ0v) is 13.5. The molecule has 0 unspecified atom stereocenters. The summed E-state index contributed by atoms with van der Waals surface area (Å²) in [6.45, 7) is 8.52. The maximum atomic E-state index is 12.0. The lowest BCUT2D eigenvalue weighted by Gasteiger charge is -2.20. The van der Waals surface area contributed by atoms with Crippen molar-refractivity contribution in [2.45, 2.75) is 39.8 Å². The Balaban J connectivity index is 1.98. The normalized spacial score (nSPS) is 11.1. The van der Waals surface area contributed by atoms with Gasteiger partial charge in [-0.3, -0.25) is 4.79 Å². The number of carbonyl (C=O) groups is 1. The fourth-order valence-corrected chi connectivity index (χ4v) is 1.93. The Kier molecular flexibility index (Phi) is 4.75. The van der Waals surface area contributed by atoms with Crippen LogP contribution >= 0.6 is 0 Å². The van der Waals surface area contributed by atoms with Gasteiger partial charge in [-0.15, -0.1) is 0 Å². The first kappa shape index (κ1) is 15.9. The molecule has 116 valence electrons. The van der Waals surface area contributed by atoms with E-state index in [1.165, 1.54) is 23.5 Å². The summed E-state index contributed by atoms with van der Waals surface area (Å²) in [5, 5.41) is 6.04. The summed E-state index contributed by atoms with van der Waals surface area (Å²) in [6, 6.07) is 8.15. The van der Waals surface area contributed by atoms with Crippen LogP contribution in [0.5, 0.6) is 0 Å². The van der Waals surface area contributed by atoms with Gasteiger partial charge in [0.2, 0.25) is 5.95 Å². The molecular weight excluding hydrogens is 276 g/mol. The van der Waals surface area contributed by atoms with E-state index < -0.39 is 0 Å². The van der Waals surface area contributed by atoms with E-state index in [-0.39, 0.29) is 11.4 Å². The third-order valence-electron chi connectivity index (χ3n) is 3.10. The van der Waals surface area contributed by atoms with Crippen molar-refractivity contribution < 1.29 is 4.79 Å². The van der Waals surface area contributed by atoms with Gasteiger partial charge in [0.05, 0.1) is 5.56 Å². The molecule has 0 atom stereocenters. The van der Waals surface area contributed by atoms with Gasteiger partial charge >= 0.3 is 0 Å². The van der Waals surface area contributed by atoms with Gasteiger partial charge in [-0.1, -0.05) is 24.3 Å². The van der Waals surface area contributed by atoms with E-state index in [4.69, 9.17) is 0 Å². The number of hydrogen-bond donors (Lipinski definition) is 2. The zero-order chi connectivity index (χ0) is 16.2. The van der Waals surface area contributed by atoms with Crippen molar-refractivity contribution in [3.63, 3.8) is 0 Å². The molecule has 0 saturated carbocycles. The molecule has 0 aliphatic carbocycles. The van der Waals surface area contributed by atoms with Crippen LogP contribution in [0.25, 0.3) is 0 Å². The SMILES string of the molecule is Cc1ccccc1CNc1ncc(C(=O)NC(C)(C)C)cn1. The number of nitrogens with zero attached hydrogens (tertiary/aromatic N) is 2. The van der Waals surface area contributed by atoms with Crippen molar-refractivity contribution in [3.8, 4) is 0 Å². The second-order valence-electron chi connectivity index (χ2n) is 6.28. The summed E-state index contributed by atoms with van der Waals surface area (Å²) in [5.41, 5.74) is 2.59. The average Bonchev–Trinajstić information content (AvgIpc) is 2.45. The van der Waals surface area contributed by atoms with Gasteiger partial charge in [-0.25, -0.2) is 9.97 Å². The van der Waals surface area contributed by atoms with Crippen molar-refractivity contribution in [1.82, 2.24) is 15.3 Å². The molecule has 2 rings (SSSR count). The molecule has 1 aromatic heterocycles. The first-order valence-electron chi connectivity index (χ1n) is 7.28. The van der Waals surface area contributed by atoms with Crippen LogP contribution in [0.2, 0.25) is 0 Å². The molecule has 0 aliphatic heterocycles. The van der Waals surface area contributed by atoms with Gasteiger partial charge in [0, 0.05) is 24.5 Å². The fraction of sp³-hybridized carbons (Fsp3) is 0.353. The molecule has 0 saturated heterocycles. The van der Waals surface area contributed by atoms with Crippen LogP contribution in [0.4, 0.5) is 5.95 Å². The second kappa shape index (κ2) is 6.56. The van der Waals surface area contributed by atoms with Crippen LogP contribution in [0, 0.1) is 6.92 Å². The number of aromatic nitrogens is 2. The molecule has 1 aromatic carbocycles. The molecule has 2 aromatic rings. The number of anilines is 1. The lowest BCUT2D eigenvalue weighted by Crippen LogP contribution is -2.40. The predicted molar refractivity (Wildman–Crippen MR) is 87.8 cm³/mol. The van der Waals surface area contributed by atoms with E-state index >= 15 is 0 Å². The third kappa shape index (κ3) is 4.55. The first-order valence-corrected chi connectivity index (χ1v) is 7.28. The number of nitrogens with one attached hydrogen (secondary N) is 2. The minimum absolute atomic E-state index is 0.169. The van der Waals surface area contributed by atoms with Gasteiger partial charge in [0.25, 0.3) is 5.91 Å². The Bertz CT molecular complexity index is 644. The van der Waals surface area contributed by atoms with E-state index in [1.807, 2.05) is 32.9 Å². The number of rotatable bonds is 4. The van der Waals surface area contributed by atoms with Crippen LogP contribution < -0.4 is 10.6 Å².